The van der Waals surface area contributed by atoms with E-state index in [0.29, 0.717) is 0 Å². The zero-order valence-corrected chi connectivity index (χ0v) is 7.83. The van der Waals surface area contributed by atoms with Gasteiger partial charge in [0.05, 0.1) is 6.10 Å². The van der Waals surface area contributed by atoms with Gasteiger partial charge in [0.15, 0.2) is 0 Å². The molecule has 2 nitrogen and oxygen atoms in total. The van der Waals surface area contributed by atoms with Crippen LogP contribution in [0.2, 0.25) is 0 Å². The van der Waals surface area contributed by atoms with Crippen molar-refractivity contribution < 1.29 is 5.11 Å². The summed E-state index contributed by atoms with van der Waals surface area (Å²) in [5.41, 5.74) is 7.69. The Labute approximate surface area is 78.4 Å². The van der Waals surface area contributed by atoms with Crippen molar-refractivity contribution in [3.63, 3.8) is 0 Å². The Bertz CT molecular complexity index is 318. The zero-order chi connectivity index (χ0) is 9.47. The van der Waals surface area contributed by atoms with E-state index in [1.54, 1.807) is 0 Å². The van der Waals surface area contributed by atoms with Crippen molar-refractivity contribution in [1.29, 1.82) is 0 Å². The number of hydrogen-bond acceptors (Lipinski definition) is 2. The van der Waals surface area contributed by atoms with E-state index in [-0.39, 0.29) is 5.54 Å². The third-order valence-corrected chi connectivity index (χ3v) is 2.85. The molecule has 0 bridgehead atoms. The Balaban J connectivity index is 2.30. The van der Waals surface area contributed by atoms with Crippen LogP contribution in [-0.2, 0) is 0 Å². The molecule has 70 valence electrons. The molecule has 1 saturated carbocycles. The molecule has 2 heteroatoms. The molecule has 1 aromatic carbocycles. The van der Waals surface area contributed by atoms with Crippen LogP contribution in [0, 0.1) is 6.92 Å². The molecule has 0 aliphatic heterocycles. The highest BCUT2D eigenvalue weighted by Gasteiger charge is 2.46. The molecule has 2 rings (SSSR count). The predicted octanol–water partition coefficient (Wildman–Crippen LogP) is 1.52. The van der Waals surface area contributed by atoms with Crippen molar-refractivity contribution in [1.82, 2.24) is 0 Å². The minimum Gasteiger partial charge on any atom is -0.386 e. The Kier molecular flexibility index (Phi) is 1.90. The maximum Gasteiger partial charge on any atom is 0.0971 e. The number of benzene rings is 1. The lowest BCUT2D eigenvalue weighted by Crippen LogP contribution is -2.30. The Hall–Kier alpha value is -0.860. The average molecular weight is 177 g/mol. The van der Waals surface area contributed by atoms with E-state index in [1.807, 2.05) is 31.2 Å². The van der Waals surface area contributed by atoms with Crippen molar-refractivity contribution in [3.8, 4) is 0 Å². The molecule has 1 atom stereocenters. The molecule has 1 fully saturated rings. The molecule has 0 saturated heterocycles. The van der Waals surface area contributed by atoms with E-state index in [2.05, 4.69) is 0 Å². The van der Waals surface area contributed by atoms with Crippen LogP contribution in [0.3, 0.4) is 0 Å². The van der Waals surface area contributed by atoms with Gasteiger partial charge < -0.3 is 10.8 Å². The summed E-state index contributed by atoms with van der Waals surface area (Å²) in [6, 6.07) is 7.87. The fourth-order valence-corrected chi connectivity index (χ4v) is 1.62. The van der Waals surface area contributed by atoms with Crippen molar-refractivity contribution >= 4 is 0 Å². The van der Waals surface area contributed by atoms with Gasteiger partial charge in [0.2, 0.25) is 0 Å². The number of hydrogen-bond donors (Lipinski definition) is 2. The Morgan fingerprint density at radius 2 is 2.00 bits per heavy atom. The molecule has 13 heavy (non-hydrogen) atoms. The van der Waals surface area contributed by atoms with E-state index < -0.39 is 6.10 Å². The molecule has 0 heterocycles. The van der Waals surface area contributed by atoms with E-state index in [0.717, 1.165) is 24.0 Å². The normalized spacial score (nSPS) is 21.2. The summed E-state index contributed by atoms with van der Waals surface area (Å²) >= 11 is 0. The molecule has 0 aromatic heterocycles. The van der Waals surface area contributed by atoms with Gasteiger partial charge >= 0.3 is 0 Å². The summed E-state index contributed by atoms with van der Waals surface area (Å²) < 4.78 is 0. The summed E-state index contributed by atoms with van der Waals surface area (Å²) in [4.78, 5) is 0. The van der Waals surface area contributed by atoms with Crippen LogP contribution in [0.4, 0.5) is 0 Å². The molecule has 3 N–H and O–H groups in total. The molecule has 0 spiro atoms. The second-order valence-electron chi connectivity index (χ2n) is 3.99. The largest absolute Gasteiger partial charge is 0.386 e. The molecule has 1 aliphatic carbocycles. The van der Waals surface area contributed by atoms with Gasteiger partial charge in [-0.05, 0) is 30.9 Å². The lowest BCUT2D eigenvalue weighted by Gasteiger charge is -2.19. The fraction of sp³-hybridized carbons (Fsp3) is 0.455. The predicted molar refractivity (Wildman–Crippen MR) is 52.3 cm³/mol. The molecule has 0 radical (unpaired) electrons. The zero-order valence-electron chi connectivity index (χ0n) is 7.83. The van der Waals surface area contributed by atoms with E-state index in [9.17, 15) is 5.11 Å². The Morgan fingerprint density at radius 1 is 1.38 bits per heavy atom. The molecule has 1 aliphatic rings. The van der Waals surface area contributed by atoms with Crippen LogP contribution >= 0.6 is 0 Å². The van der Waals surface area contributed by atoms with Crippen LogP contribution in [-0.4, -0.2) is 10.6 Å². The first-order chi connectivity index (χ1) is 6.13. The second kappa shape index (κ2) is 2.82. The van der Waals surface area contributed by atoms with Gasteiger partial charge in [0.1, 0.15) is 0 Å². The maximum atomic E-state index is 9.98. The van der Waals surface area contributed by atoms with Crippen molar-refractivity contribution in [3.05, 3.63) is 35.4 Å². The summed E-state index contributed by atoms with van der Waals surface area (Å²) in [5, 5.41) is 9.98. The van der Waals surface area contributed by atoms with Crippen LogP contribution in [0.25, 0.3) is 0 Å². The quantitative estimate of drug-likeness (QED) is 0.719. The summed E-state index contributed by atoms with van der Waals surface area (Å²) in [7, 11) is 0. The molecule has 1 unspecified atom stereocenters. The lowest BCUT2D eigenvalue weighted by atomic mass is 9.97. The average Bonchev–Trinajstić information content (AvgIpc) is 2.85. The van der Waals surface area contributed by atoms with Crippen LogP contribution in [0.1, 0.15) is 30.1 Å². The van der Waals surface area contributed by atoms with Crippen LogP contribution in [0.5, 0.6) is 0 Å². The van der Waals surface area contributed by atoms with Crippen molar-refractivity contribution in [2.45, 2.75) is 31.4 Å². The van der Waals surface area contributed by atoms with Crippen LogP contribution in [0.15, 0.2) is 24.3 Å². The van der Waals surface area contributed by atoms with Gasteiger partial charge in [-0.15, -0.1) is 0 Å². The molecule has 1 aromatic rings. The first kappa shape index (κ1) is 8.73. The topological polar surface area (TPSA) is 46.2 Å². The summed E-state index contributed by atoms with van der Waals surface area (Å²) in [6.07, 6.45) is 1.37. The fourth-order valence-electron chi connectivity index (χ4n) is 1.62. The van der Waals surface area contributed by atoms with Crippen molar-refractivity contribution in [2.75, 3.05) is 0 Å². The first-order valence-corrected chi connectivity index (χ1v) is 4.66. The molecule has 0 amide bonds. The first-order valence-electron chi connectivity index (χ1n) is 4.66. The third-order valence-electron chi connectivity index (χ3n) is 2.85. The van der Waals surface area contributed by atoms with E-state index in [1.165, 1.54) is 0 Å². The standard InChI is InChI=1S/C11H15NO/c1-8-4-2-3-5-9(8)10(13)11(12)6-7-11/h2-5,10,13H,6-7,12H2,1H3. The summed E-state index contributed by atoms with van der Waals surface area (Å²) in [5.74, 6) is 0. The number of aryl methyl sites for hydroxylation is 1. The SMILES string of the molecule is Cc1ccccc1C(O)C1(N)CC1. The highest BCUT2D eigenvalue weighted by molar-refractivity contribution is 5.31. The van der Waals surface area contributed by atoms with E-state index >= 15 is 0 Å². The Morgan fingerprint density at radius 3 is 2.54 bits per heavy atom. The molecular formula is C11H15NO. The van der Waals surface area contributed by atoms with Gasteiger partial charge in [-0.1, -0.05) is 24.3 Å². The minimum absolute atomic E-state index is 0.341. The van der Waals surface area contributed by atoms with Gasteiger partial charge in [-0.2, -0.15) is 0 Å². The van der Waals surface area contributed by atoms with Crippen molar-refractivity contribution in [2.24, 2.45) is 5.73 Å². The smallest absolute Gasteiger partial charge is 0.0971 e. The monoisotopic (exact) mass is 177 g/mol. The number of aliphatic hydroxyl groups is 1. The van der Waals surface area contributed by atoms with Gasteiger partial charge in [0.25, 0.3) is 0 Å². The van der Waals surface area contributed by atoms with Gasteiger partial charge in [0, 0.05) is 5.54 Å². The molecular weight excluding hydrogens is 162 g/mol. The number of aliphatic hydroxyl groups excluding tert-OH is 1. The maximum absolute atomic E-state index is 9.98. The highest BCUT2D eigenvalue weighted by Crippen LogP contribution is 2.43. The minimum atomic E-state index is -0.492. The third kappa shape index (κ3) is 1.47. The van der Waals surface area contributed by atoms with Gasteiger partial charge in [-0.3, -0.25) is 0 Å². The highest BCUT2D eigenvalue weighted by atomic mass is 16.3. The lowest BCUT2D eigenvalue weighted by molar-refractivity contribution is 0.135. The van der Waals surface area contributed by atoms with E-state index in [4.69, 9.17) is 5.73 Å². The van der Waals surface area contributed by atoms with Crippen LogP contribution < -0.4 is 5.73 Å². The number of rotatable bonds is 2. The second-order valence-corrected chi connectivity index (χ2v) is 3.99. The number of nitrogens with two attached hydrogens (primary N) is 1. The summed E-state index contributed by atoms with van der Waals surface area (Å²) in [6.45, 7) is 2.00. The van der Waals surface area contributed by atoms with Gasteiger partial charge in [-0.25, -0.2) is 0 Å².